The van der Waals surface area contributed by atoms with Crippen LogP contribution >= 0.6 is 0 Å². The van der Waals surface area contributed by atoms with Crippen molar-refractivity contribution >= 4 is 28.3 Å². The molecule has 0 saturated heterocycles. The molecule has 4 aromatic rings. The number of aryl methyl sites for hydroxylation is 1. The number of hydrogen-bond acceptors (Lipinski definition) is 7. The number of methoxy groups -OCH3 is 1. The van der Waals surface area contributed by atoms with Crippen LogP contribution in [0.1, 0.15) is 17.5 Å². The summed E-state index contributed by atoms with van der Waals surface area (Å²) in [7, 11) is 3.42. The predicted octanol–water partition coefficient (Wildman–Crippen LogP) is 4.34. The van der Waals surface area contributed by atoms with Gasteiger partial charge in [-0.2, -0.15) is 0 Å². The Morgan fingerprint density at radius 1 is 1.00 bits per heavy atom. The van der Waals surface area contributed by atoms with Gasteiger partial charge < -0.3 is 14.4 Å². The van der Waals surface area contributed by atoms with Crippen molar-refractivity contribution in [2.75, 3.05) is 19.1 Å². The number of anilines is 2. The first kappa shape index (κ1) is 22.0. The molecule has 0 fully saturated rings. The van der Waals surface area contributed by atoms with Gasteiger partial charge in [0.15, 0.2) is 11.5 Å². The van der Waals surface area contributed by atoms with Gasteiger partial charge in [0.25, 0.3) is 5.91 Å². The van der Waals surface area contributed by atoms with Gasteiger partial charge in [0, 0.05) is 29.8 Å². The Morgan fingerprint density at radius 3 is 2.45 bits per heavy atom. The third-order valence-electron chi connectivity index (χ3n) is 5.24. The summed E-state index contributed by atoms with van der Waals surface area (Å²) < 4.78 is 11.5. The molecule has 33 heavy (non-hydrogen) atoms. The molecule has 0 aliphatic carbocycles. The number of para-hydroxylation sites is 1. The van der Waals surface area contributed by atoms with E-state index in [-0.39, 0.29) is 0 Å². The Bertz CT molecular complexity index is 1280. The molecule has 0 bridgehead atoms. The second kappa shape index (κ2) is 9.54. The van der Waals surface area contributed by atoms with Crippen molar-refractivity contribution in [3.63, 3.8) is 0 Å². The Labute approximate surface area is 191 Å². The molecule has 1 amide bonds. The van der Waals surface area contributed by atoms with E-state index >= 15 is 0 Å². The number of rotatable bonds is 7. The Morgan fingerprint density at radius 2 is 1.73 bits per heavy atom. The molecule has 0 radical (unpaired) electrons. The van der Waals surface area contributed by atoms with Crippen LogP contribution in [0.15, 0.2) is 72.8 Å². The van der Waals surface area contributed by atoms with Gasteiger partial charge >= 0.3 is 0 Å². The number of fused-ring (bicyclic) bond motifs is 1. The zero-order chi connectivity index (χ0) is 23.4. The van der Waals surface area contributed by atoms with Crippen LogP contribution in [-0.4, -0.2) is 35.2 Å². The molecule has 168 valence electrons. The number of nitrogens with one attached hydrogen (secondary N) is 1. The lowest BCUT2D eigenvalue weighted by Gasteiger charge is -2.23. The SMILES string of the molecule is COc1ccc(N(C)c2nc(C)nc3ccccc23)cc1OC(C(=O)NO)c1ccccc1. The van der Waals surface area contributed by atoms with Crippen molar-refractivity contribution in [1.82, 2.24) is 15.4 Å². The lowest BCUT2D eigenvalue weighted by molar-refractivity contribution is -0.136. The summed E-state index contributed by atoms with van der Waals surface area (Å²) >= 11 is 0. The molecule has 0 saturated carbocycles. The molecule has 0 aliphatic rings. The zero-order valence-electron chi connectivity index (χ0n) is 18.5. The van der Waals surface area contributed by atoms with E-state index in [2.05, 4.69) is 9.97 Å². The van der Waals surface area contributed by atoms with Crippen molar-refractivity contribution in [3.8, 4) is 11.5 Å². The van der Waals surface area contributed by atoms with Crippen LogP contribution in [0.3, 0.4) is 0 Å². The summed E-state index contributed by atoms with van der Waals surface area (Å²) in [5.41, 5.74) is 3.88. The minimum atomic E-state index is -1.08. The Kier molecular flexibility index (Phi) is 6.37. The van der Waals surface area contributed by atoms with E-state index in [0.717, 1.165) is 22.4 Å². The third kappa shape index (κ3) is 4.56. The molecule has 0 spiro atoms. The number of carbonyl (C=O) groups is 1. The smallest absolute Gasteiger partial charge is 0.289 e. The standard InChI is InChI=1S/C25H24N4O4/c1-16-26-20-12-8-7-11-19(20)24(27-16)29(2)18-13-14-21(32-3)22(15-18)33-23(25(30)28-31)17-9-5-4-6-10-17/h4-15,23,31H,1-3H3,(H,28,30). The minimum absolute atomic E-state index is 0.342. The number of benzene rings is 3. The number of hydrogen-bond donors (Lipinski definition) is 2. The molecule has 8 nitrogen and oxygen atoms in total. The van der Waals surface area contributed by atoms with Crippen LogP contribution in [0.5, 0.6) is 11.5 Å². The number of ether oxygens (including phenoxy) is 2. The van der Waals surface area contributed by atoms with Crippen LogP contribution in [-0.2, 0) is 4.79 Å². The second-order valence-electron chi connectivity index (χ2n) is 7.39. The van der Waals surface area contributed by atoms with Crippen molar-refractivity contribution in [2.45, 2.75) is 13.0 Å². The maximum absolute atomic E-state index is 12.4. The highest BCUT2D eigenvalue weighted by Crippen LogP contribution is 2.37. The Balaban J connectivity index is 1.75. The number of hydroxylamine groups is 1. The highest BCUT2D eigenvalue weighted by atomic mass is 16.5. The van der Waals surface area contributed by atoms with E-state index in [1.54, 1.807) is 41.9 Å². The predicted molar refractivity (Wildman–Crippen MR) is 125 cm³/mol. The van der Waals surface area contributed by atoms with Crippen LogP contribution in [0.2, 0.25) is 0 Å². The van der Waals surface area contributed by atoms with Crippen LogP contribution in [0.4, 0.5) is 11.5 Å². The van der Waals surface area contributed by atoms with Crippen molar-refractivity contribution in [3.05, 3.63) is 84.2 Å². The van der Waals surface area contributed by atoms with Crippen molar-refractivity contribution in [2.24, 2.45) is 0 Å². The molecular formula is C25H24N4O4. The average Bonchev–Trinajstić information content (AvgIpc) is 2.86. The number of aromatic nitrogens is 2. The molecule has 2 N–H and O–H groups in total. The van der Waals surface area contributed by atoms with Gasteiger partial charge in [-0.15, -0.1) is 0 Å². The van der Waals surface area contributed by atoms with E-state index < -0.39 is 12.0 Å². The minimum Gasteiger partial charge on any atom is -0.493 e. The van der Waals surface area contributed by atoms with Gasteiger partial charge in [-0.25, -0.2) is 15.4 Å². The summed E-state index contributed by atoms with van der Waals surface area (Å²) in [5.74, 6) is 1.49. The first-order chi connectivity index (χ1) is 16.0. The van der Waals surface area contributed by atoms with Crippen LogP contribution in [0, 0.1) is 6.92 Å². The molecular weight excluding hydrogens is 420 g/mol. The molecule has 8 heteroatoms. The van der Waals surface area contributed by atoms with Gasteiger partial charge in [-0.1, -0.05) is 42.5 Å². The van der Waals surface area contributed by atoms with Gasteiger partial charge in [-0.05, 0) is 31.2 Å². The average molecular weight is 444 g/mol. The summed E-state index contributed by atoms with van der Waals surface area (Å²) in [4.78, 5) is 23.5. The fraction of sp³-hybridized carbons (Fsp3) is 0.160. The van der Waals surface area contributed by atoms with Crippen molar-refractivity contribution in [1.29, 1.82) is 0 Å². The fourth-order valence-corrected chi connectivity index (χ4v) is 3.60. The second-order valence-corrected chi connectivity index (χ2v) is 7.39. The summed E-state index contributed by atoms with van der Waals surface area (Å²) in [6.07, 6.45) is -1.08. The molecule has 1 atom stereocenters. The van der Waals surface area contributed by atoms with Gasteiger partial charge in [-0.3, -0.25) is 10.0 Å². The summed E-state index contributed by atoms with van der Waals surface area (Å²) in [6.45, 7) is 1.85. The highest BCUT2D eigenvalue weighted by molar-refractivity contribution is 5.91. The summed E-state index contributed by atoms with van der Waals surface area (Å²) in [6, 6.07) is 22.1. The first-order valence-electron chi connectivity index (χ1n) is 10.3. The van der Waals surface area contributed by atoms with Gasteiger partial charge in [0.2, 0.25) is 6.10 Å². The lowest BCUT2D eigenvalue weighted by Crippen LogP contribution is -2.30. The molecule has 3 aromatic carbocycles. The quantitative estimate of drug-likeness (QED) is 0.323. The van der Waals surface area contributed by atoms with E-state index in [1.807, 2.05) is 55.3 Å². The molecule has 0 aliphatic heterocycles. The number of amides is 1. The molecule has 1 heterocycles. The lowest BCUT2D eigenvalue weighted by atomic mass is 10.1. The zero-order valence-corrected chi connectivity index (χ0v) is 18.5. The van der Waals surface area contributed by atoms with Crippen molar-refractivity contribution < 1.29 is 19.5 Å². The first-order valence-corrected chi connectivity index (χ1v) is 10.3. The normalized spacial score (nSPS) is 11.6. The van der Waals surface area contributed by atoms with Crippen LogP contribution in [0.25, 0.3) is 10.9 Å². The van der Waals surface area contributed by atoms with E-state index in [9.17, 15) is 10.0 Å². The van der Waals surface area contributed by atoms with E-state index in [1.165, 1.54) is 7.11 Å². The largest absolute Gasteiger partial charge is 0.493 e. The van der Waals surface area contributed by atoms with Crippen LogP contribution < -0.4 is 19.9 Å². The number of nitrogens with zero attached hydrogens (tertiary/aromatic N) is 3. The molecule has 1 unspecified atom stereocenters. The van der Waals surface area contributed by atoms with E-state index in [0.29, 0.717) is 22.9 Å². The topological polar surface area (TPSA) is 96.8 Å². The molecule has 4 rings (SSSR count). The van der Waals surface area contributed by atoms with Gasteiger partial charge in [0.05, 0.1) is 12.6 Å². The monoisotopic (exact) mass is 444 g/mol. The summed E-state index contributed by atoms with van der Waals surface area (Å²) in [5, 5.41) is 10.2. The maximum atomic E-state index is 12.4. The Hall–Kier alpha value is -4.17. The fourth-order valence-electron chi connectivity index (χ4n) is 3.60. The molecule has 1 aromatic heterocycles. The third-order valence-corrected chi connectivity index (χ3v) is 5.24. The number of carbonyl (C=O) groups excluding carboxylic acids is 1. The van der Waals surface area contributed by atoms with E-state index in [4.69, 9.17) is 9.47 Å². The van der Waals surface area contributed by atoms with Gasteiger partial charge in [0.1, 0.15) is 11.6 Å². The maximum Gasteiger partial charge on any atom is 0.289 e. The highest BCUT2D eigenvalue weighted by Gasteiger charge is 2.24.